The Balaban J connectivity index is 1.41. The summed E-state index contributed by atoms with van der Waals surface area (Å²) in [7, 11) is 0. The van der Waals surface area contributed by atoms with Gasteiger partial charge in [-0.3, -0.25) is 9.59 Å². The summed E-state index contributed by atoms with van der Waals surface area (Å²) in [5.41, 5.74) is -1.30. The molecule has 3 rings (SSSR count). The topological polar surface area (TPSA) is 94.2 Å². The molecule has 11 heteroatoms. The Kier molecular flexibility index (Phi) is 6.58. The number of alkyl halides is 3. The molecule has 1 aliphatic rings. The van der Waals surface area contributed by atoms with E-state index in [0.29, 0.717) is 45.1 Å². The molecule has 8 nitrogen and oxygen atoms in total. The van der Waals surface area contributed by atoms with Crippen molar-refractivity contribution in [2.75, 3.05) is 42.9 Å². The number of aryl methyl sites for hydroxylation is 1. The minimum absolute atomic E-state index is 0.00118. The van der Waals surface area contributed by atoms with Crippen molar-refractivity contribution >= 4 is 17.5 Å². The minimum atomic E-state index is -4.72. The second-order valence-corrected chi connectivity index (χ2v) is 7.09. The molecule has 1 amide bonds. The van der Waals surface area contributed by atoms with Gasteiger partial charge in [-0.15, -0.1) is 0 Å². The molecule has 162 valence electrons. The van der Waals surface area contributed by atoms with Crippen LogP contribution in [0.5, 0.6) is 0 Å². The average Bonchev–Trinajstić information content (AvgIpc) is 2.72. The third-order valence-electron chi connectivity index (χ3n) is 4.79. The number of hydrogen-bond donors (Lipinski definition) is 2. The maximum atomic E-state index is 12.8. The molecule has 0 aliphatic carbocycles. The fraction of sp³-hybridized carbons (Fsp3) is 0.474. The minimum Gasteiger partial charge on any atom is -0.384 e. The molecule has 2 aromatic heterocycles. The van der Waals surface area contributed by atoms with Crippen molar-refractivity contribution in [3.63, 3.8) is 0 Å². The van der Waals surface area contributed by atoms with E-state index in [0.717, 1.165) is 11.6 Å². The van der Waals surface area contributed by atoms with Gasteiger partial charge in [0.25, 0.3) is 5.56 Å². The molecule has 2 aromatic rings. The zero-order chi connectivity index (χ0) is 21.7. The van der Waals surface area contributed by atoms with Crippen LogP contribution < -0.4 is 15.8 Å². The van der Waals surface area contributed by atoms with Gasteiger partial charge < -0.3 is 20.1 Å². The molecule has 0 bridgehead atoms. The molecule has 1 saturated heterocycles. The molecule has 0 spiro atoms. The number of carbonyl (C=O) groups is 1. The van der Waals surface area contributed by atoms with Crippen LogP contribution in [0.1, 0.15) is 24.0 Å². The predicted molar refractivity (Wildman–Crippen MR) is 105 cm³/mol. The maximum absolute atomic E-state index is 12.8. The lowest BCUT2D eigenvalue weighted by Crippen LogP contribution is -2.49. The Bertz CT molecular complexity index is 921. The van der Waals surface area contributed by atoms with E-state index in [1.54, 1.807) is 17.3 Å². The van der Waals surface area contributed by atoms with Crippen LogP contribution >= 0.6 is 0 Å². The Morgan fingerprint density at radius 1 is 1.20 bits per heavy atom. The van der Waals surface area contributed by atoms with Crippen molar-refractivity contribution in [1.82, 2.24) is 19.9 Å². The summed E-state index contributed by atoms with van der Waals surface area (Å²) >= 11 is 0. The van der Waals surface area contributed by atoms with E-state index < -0.39 is 17.3 Å². The van der Waals surface area contributed by atoms with E-state index in [-0.39, 0.29) is 18.0 Å². The van der Waals surface area contributed by atoms with E-state index in [1.165, 1.54) is 6.20 Å². The number of rotatable bonds is 6. The smallest absolute Gasteiger partial charge is 0.384 e. The summed E-state index contributed by atoms with van der Waals surface area (Å²) in [6.45, 7) is 4.65. The Morgan fingerprint density at radius 2 is 1.87 bits per heavy atom. The zero-order valence-corrected chi connectivity index (χ0v) is 16.5. The number of carbonyl (C=O) groups excluding carboxylic acids is 1. The summed E-state index contributed by atoms with van der Waals surface area (Å²) in [6, 6.07) is 0.771. The number of H-pyrrole nitrogens is 1. The highest BCUT2D eigenvalue weighted by atomic mass is 19.4. The number of piperazine rings is 1. The summed E-state index contributed by atoms with van der Waals surface area (Å²) in [6.07, 6.45) is 0.725. The first kappa shape index (κ1) is 21.6. The average molecular weight is 424 g/mol. The number of amides is 1. The van der Waals surface area contributed by atoms with Gasteiger partial charge >= 0.3 is 6.18 Å². The molecule has 2 N–H and O–H groups in total. The van der Waals surface area contributed by atoms with Crippen molar-refractivity contribution in [1.29, 1.82) is 0 Å². The highest BCUT2D eigenvalue weighted by molar-refractivity contribution is 5.76. The SMILES string of the molecule is Cc1cnc(N2CCN(C(=O)CCCNc3c[nH]c(=O)c(C(F)(F)F)c3)CC2)nc1. The Hall–Kier alpha value is -3.11. The highest BCUT2D eigenvalue weighted by Gasteiger charge is 2.34. The molecule has 1 fully saturated rings. The van der Waals surface area contributed by atoms with Crippen LogP contribution in [0.15, 0.2) is 29.5 Å². The van der Waals surface area contributed by atoms with Gasteiger partial charge in [0.2, 0.25) is 11.9 Å². The molecule has 0 atom stereocenters. The van der Waals surface area contributed by atoms with Crippen molar-refractivity contribution in [3.05, 3.63) is 46.1 Å². The molecular formula is C19H23F3N6O2. The standard InChI is InChI=1S/C19H23F3N6O2/c1-13-10-25-18(26-11-13)28-7-5-27(6-8-28)16(29)3-2-4-23-14-9-15(19(20,21)22)17(30)24-12-14/h9-12,23H,2-8H2,1H3,(H,24,30). The molecule has 30 heavy (non-hydrogen) atoms. The molecule has 3 heterocycles. The van der Waals surface area contributed by atoms with Crippen LogP contribution in [0.2, 0.25) is 0 Å². The second-order valence-electron chi connectivity index (χ2n) is 7.09. The van der Waals surface area contributed by atoms with Gasteiger partial charge in [0, 0.05) is 57.7 Å². The number of halogens is 3. The van der Waals surface area contributed by atoms with Gasteiger partial charge in [0.15, 0.2) is 0 Å². The third kappa shape index (κ3) is 5.49. The number of hydrogen-bond acceptors (Lipinski definition) is 6. The van der Waals surface area contributed by atoms with Crippen LogP contribution in [0, 0.1) is 6.92 Å². The predicted octanol–water partition coefficient (Wildman–Crippen LogP) is 2.03. The molecule has 0 aromatic carbocycles. The van der Waals surface area contributed by atoms with Gasteiger partial charge in [-0.2, -0.15) is 13.2 Å². The summed E-state index contributed by atoms with van der Waals surface area (Å²) < 4.78 is 38.3. The lowest BCUT2D eigenvalue weighted by atomic mass is 10.2. The number of nitrogens with one attached hydrogen (secondary N) is 2. The number of aromatic nitrogens is 3. The number of aromatic amines is 1. The number of nitrogens with zero attached hydrogens (tertiary/aromatic N) is 4. The van der Waals surface area contributed by atoms with Crippen LogP contribution in [0.3, 0.4) is 0 Å². The van der Waals surface area contributed by atoms with Crippen molar-refractivity contribution in [2.24, 2.45) is 0 Å². The summed E-state index contributed by atoms with van der Waals surface area (Å²) in [5, 5.41) is 2.81. The van der Waals surface area contributed by atoms with Gasteiger partial charge in [0.1, 0.15) is 5.56 Å². The van der Waals surface area contributed by atoms with E-state index in [2.05, 4.69) is 20.3 Å². The molecular weight excluding hydrogens is 401 g/mol. The largest absolute Gasteiger partial charge is 0.421 e. The number of pyridine rings is 1. The van der Waals surface area contributed by atoms with Crippen molar-refractivity contribution < 1.29 is 18.0 Å². The van der Waals surface area contributed by atoms with Gasteiger partial charge in [-0.25, -0.2) is 9.97 Å². The van der Waals surface area contributed by atoms with Crippen LogP contribution in [0.4, 0.5) is 24.8 Å². The van der Waals surface area contributed by atoms with E-state index in [4.69, 9.17) is 0 Å². The third-order valence-corrected chi connectivity index (χ3v) is 4.79. The van der Waals surface area contributed by atoms with E-state index in [9.17, 15) is 22.8 Å². The first-order valence-corrected chi connectivity index (χ1v) is 9.59. The Labute approximate surface area is 171 Å². The zero-order valence-electron chi connectivity index (χ0n) is 16.5. The molecule has 1 aliphatic heterocycles. The maximum Gasteiger partial charge on any atom is 0.421 e. The van der Waals surface area contributed by atoms with Gasteiger partial charge in [-0.1, -0.05) is 0 Å². The first-order valence-electron chi connectivity index (χ1n) is 9.59. The normalized spacial score (nSPS) is 14.7. The summed E-state index contributed by atoms with van der Waals surface area (Å²) in [5.74, 6) is 0.648. The molecule has 0 unspecified atom stereocenters. The van der Waals surface area contributed by atoms with Gasteiger partial charge in [-0.05, 0) is 25.0 Å². The Morgan fingerprint density at radius 3 is 2.50 bits per heavy atom. The molecule has 0 radical (unpaired) electrons. The fourth-order valence-corrected chi connectivity index (χ4v) is 3.13. The lowest BCUT2D eigenvalue weighted by molar-refractivity contribution is -0.138. The van der Waals surface area contributed by atoms with E-state index in [1.807, 2.05) is 11.8 Å². The first-order chi connectivity index (χ1) is 14.2. The van der Waals surface area contributed by atoms with Gasteiger partial charge in [0.05, 0.1) is 5.69 Å². The second kappa shape index (κ2) is 9.14. The summed E-state index contributed by atoms with van der Waals surface area (Å²) in [4.78, 5) is 38.1. The fourth-order valence-electron chi connectivity index (χ4n) is 3.13. The monoisotopic (exact) mass is 424 g/mol. The highest BCUT2D eigenvalue weighted by Crippen LogP contribution is 2.27. The van der Waals surface area contributed by atoms with Crippen molar-refractivity contribution in [2.45, 2.75) is 25.9 Å². The lowest BCUT2D eigenvalue weighted by Gasteiger charge is -2.34. The van der Waals surface area contributed by atoms with E-state index >= 15 is 0 Å². The quantitative estimate of drug-likeness (QED) is 0.690. The van der Waals surface area contributed by atoms with Crippen LogP contribution in [0.25, 0.3) is 0 Å². The van der Waals surface area contributed by atoms with Crippen molar-refractivity contribution in [3.8, 4) is 0 Å². The molecule has 0 saturated carbocycles. The number of anilines is 2. The van der Waals surface area contributed by atoms with Crippen LogP contribution in [-0.4, -0.2) is 58.5 Å². The van der Waals surface area contributed by atoms with Crippen LogP contribution in [-0.2, 0) is 11.0 Å².